The van der Waals surface area contributed by atoms with Crippen LogP contribution in [-0.2, 0) is 6.54 Å². The van der Waals surface area contributed by atoms with Crippen LogP contribution in [0.25, 0.3) is 45.1 Å². The third-order valence-corrected chi connectivity index (χ3v) is 5.09. The van der Waals surface area contributed by atoms with Gasteiger partial charge in [-0.3, -0.25) is 14.6 Å². The molecule has 5 heterocycles. The number of fused-ring (bicyclic) bond motifs is 1. The minimum atomic E-state index is 0.766. The normalized spacial score (nSPS) is 11.3. The summed E-state index contributed by atoms with van der Waals surface area (Å²) in [5, 5.41) is 7.77. The van der Waals surface area contributed by atoms with Crippen LogP contribution in [0, 0.1) is 6.92 Å². The van der Waals surface area contributed by atoms with Crippen LogP contribution < -0.4 is 5.32 Å². The smallest absolute Gasteiger partial charge is 0.116 e. The van der Waals surface area contributed by atoms with Crippen LogP contribution >= 0.6 is 0 Å². The van der Waals surface area contributed by atoms with Gasteiger partial charge in [0.25, 0.3) is 0 Å². The minimum absolute atomic E-state index is 0.766. The Morgan fingerprint density at radius 2 is 1.90 bits per heavy atom. The zero-order chi connectivity index (χ0) is 21.2. The SMILES string of the molecule is CNCCn1ccc(-c2cnc3ccc(-c4nc[nH]c4-c4cccc(C)n4)nc3c2)n1. The average Bonchev–Trinajstić information content (AvgIpc) is 3.47. The highest BCUT2D eigenvalue weighted by molar-refractivity contribution is 5.83. The summed E-state index contributed by atoms with van der Waals surface area (Å²) in [5.41, 5.74) is 7.61. The molecule has 0 aliphatic carbocycles. The first-order chi connectivity index (χ1) is 15.2. The number of hydrogen-bond donors (Lipinski definition) is 2. The topological polar surface area (TPSA) is 97.2 Å². The molecule has 0 saturated heterocycles. The molecule has 8 heteroatoms. The molecule has 0 spiro atoms. The molecular formula is C23H22N8. The van der Waals surface area contributed by atoms with E-state index < -0.39 is 0 Å². The molecule has 0 unspecified atom stereocenters. The predicted octanol–water partition coefficient (Wildman–Crippen LogP) is 3.47. The number of imidazole rings is 1. The molecular weight excluding hydrogens is 388 g/mol. The van der Waals surface area contributed by atoms with E-state index in [4.69, 9.17) is 4.98 Å². The summed E-state index contributed by atoms with van der Waals surface area (Å²) in [7, 11) is 1.93. The number of nitrogens with zero attached hydrogens (tertiary/aromatic N) is 6. The molecule has 0 bridgehead atoms. The van der Waals surface area contributed by atoms with Gasteiger partial charge in [0.1, 0.15) is 5.69 Å². The first kappa shape index (κ1) is 19.1. The van der Waals surface area contributed by atoms with E-state index in [1.165, 1.54) is 0 Å². The molecule has 5 aromatic rings. The number of H-pyrrole nitrogens is 1. The second-order valence-corrected chi connectivity index (χ2v) is 7.32. The number of pyridine rings is 3. The number of nitrogens with one attached hydrogen (secondary N) is 2. The van der Waals surface area contributed by atoms with E-state index in [0.29, 0.717) is 0 Å². The Morgan fingerprint density at radius 3 is 2.77 bits per heavy atom. The number of aryl methyl sites for hydroxylation is 1. The molecule has 31 heavy (non-hydrogen) atoms. The van der Waals surface area contributed by atoms with Gasteiger partial charge in [-0.15, -0.1) is 0 Å². The zero-order valence-electron chi connectivity index (χ0n) is 17.4. The lowest BCUT2D eigenvalue weighted by atomic mass is 10.1. The van der Waals surface area contributed by atoms with Gasteiger partial charge in [0.15, 0.2) is 0 Å². The maximum atomic E-state index is 4.85. The summed E-state index contributed by atoms with van der Waals surface area (Å²) in [5.74, 6) is 0. The number of aromatic nitrogens is 7. The van der Waals surface area contributed by atoms with E-state index in [-0.39, 0.29) is 0 Å². The van der Waals surface area contributed by atoms with Crippen LogP contribution in [0.5, 0.6) is 0 Å². The highest BCUT2D eigenvalue weighted by Gasteiger charge is 2.14. The Hall–Kier alpha value is -3.91. The van der Waals surface area contributed by atoms with E-state index in [9.17, 15) is 0 Å². The van der Waals surface area contributed by atoms with Crippen molar-refractivity contribution in [1.82, 2.24) is 40.0 Å². The van der Waals surface area contributed by atoms with Crippen molar-refractivity contribution in [2.75, 3.05) is 13.6 Å². The predicted molar refractivity (Wildman–Crippen MR) is 120 cm³/mol. The van der Waals surface area contributed by atoms with Crippen molar-refractivity contribution in [3.63, 3.8) is 0 Å². The molecule has 0 aliphatic rings. The Labute approximate surface area is 179 Å². The van der Waals surface area contributed by atoms with Crippen LogP contribution in [0.3, 0.4) is 0 Å². The van der Waals surface area contributed by atoms with Crippen molar-refractivity contribution >= 4 is 11.0 Å². The summed E-state index contributed by atoms with van der Waals surface area (Å²) >= 11 is 0. The van der Waals surface area contributed by atoms with Crippen LogP contribution in [0.15, 0.2) is 61.2 Å². The molecule has 0 radical (unpaired) electrons. The first-order valence-electron chi connectivity index (χ1n) is 10.1. The van der Waals surface area contributed by atoms with E-state index in [2.05, 4.69) is 30.4 Å². The maximum absolute atomic E-state index is 4.85. The van der Waals surface area contributed by atoms with Crippen molar-refractivity contribution in [3.8, 4) is 34.0 Å². The van der Waals surface area contributed by atoms with Crippen molar-refractivity contribution in [1.29, 1.82) is 0 Å². The molecule has 8 nitrogen and oxygen atoms in total. The highest BCUT2D eigenvalue weighted by Crippen LogP contribution is 2.28. The fraction of sp³-hybridized carbons (Fsp3) is 0.174. The van der Waals surface area contributed by atoms with E-state index in [0.717, 1.165) is 63.8 Å². The summed E-state index contributed by atoms with van der Waals surface area (Å²) in [6.07, 6.45) is 5.49. The molecule has 0 atom stereocenters. The summed E-state index contributed by atoms with van der Waals surface area (Å²) in [4.78, 5) is 21.8. The Balaban J connectivity index is 1.52. The third kappa shape index (κ3) is 3.80. The van der Waals surface area contributed by atoms with Gasteiger partial charge in [-0.05, 0) is 50.4 Å². The second kappa shape index (κ2) is 8.08. The molecule has 0 aliphatic heterocycles. The third-order valence-electron chi connectivity index (χ3n) is 5.09. The lowest BCUT2D eigenvalue weighted by Gasteiger charge is -2.05. The monoisotopic (exact) mass is 410 g/mol. The quantitative estimate of drug-likeness (QED) is 0.445. The average molecular weight is 410 g/mol. The van der Waals surface area contributed by atoms with Gasteiger partial charge < -0.3 is 10.3 Å². The summed E-state index contributed by atoms with van der Waals surface area (Å²) in [6, 6.07) is 13.9. The fourth-order valence-electron chi connectivity index (χ4n) is 3.51. The van der Waals surface area contributed by atoms with Gasteiger partial charge in [-0.2, -0.15) is 5.10 Å². The van der Waals surface area contributed by atoms with E-state index in [1.807, 2.05) is 73.5 Å². The molecule has 0 aromatic carbocycles. The highest BCUT2D eigenvalue weighted by atomic mass is 15.3. The van der Waals surface area contributed by atoms with Crippen molar-refractivity contribution in [2.45, 2.75) is 13.5 Å². The lowest BCUT2D eigenvalue weighted by Crippen LogP contribution is -2.15. The first-order valence-corrected chi connectivity index (χ1v) is 10.1. The van der Waals surface area contributed by atoms with Crippen molar-refractivity contribution < 1.29 is 0 Å². The molecule has 5 aromatic heterocycles. The number of aromatic amines is 1. The Kier molecular flexibility index (Phi) is 4.97. The standard InChI is InChI=1S/C23H22N8/c1-15-4-3-5-19(28-15)22-23(27-14-26-22)20-7-6-18-21(29-20)12-16(13-25-18)17-8-10-31(30-17)11-9-24-2/h3-8,10,12-14,24H,9,11H2,1-2H3,(H,26,27). The van der Waals surface area contributed by atoms with Gasteiger partial charge in [0.2, 0.25) is 0 Å². The van der Waals surface area contributed by atoms with Crippen LogP contribution in [-0.4, -0.2) is 48.3 Å². The van der Waals surface area contributed by atoms with Gasteiger partial charge in [0.05, 0.1) is 46.7 Å². The van der Waals surface area contributed by atoms with Gasteiger partial charge >= 0.3 is 0 Å². The van der Waals surface area contributed by atoms with Crippen molar-refractivity contribution in [3.05, 3.63) is 66.9 Å². The number of rotatable bonds is 6. The molecule has 154 valence electrons. The minimum Gasteiger partial charge on any atom is -0.343 e. The molecule has 5 rings (SSSR count). The van der Waals surface area contributed by atoms with Gasteiger partial charge in [-0.25, -0.2) is 9.97 Å². The largest absolute Gasteiger partial charge is 0.343 e. The van der Waals surface area contributed by atoms with Crippen molar-refractivity contribution in [2.24, 2.45) is 0 Å². The van der Waals surface area contributed by atoms with E-state index in [1.54, 1.807) is 6.33 Å². The lowest BCUT2D eigenvalue weighted by molar-refractivity contribution is 0.586. The Morgan fingerprint density at radius 1 is 0.968 bits per heavy atom. The number of hydrogen-bond acceptors (Lipinski definition) is 6. The maximum Gasteiger partial charge on any atom is 0.116 e. The summed E-state index contributed by atoms with van der Waals surface area (Å²) < 4.78 is 1.92. The summed E-state index contributed by atoms with van der Waals surface area (Å²) in [6.45, 7) is 3.65. The van der Waals surface area contributed by atoms with Crippen LogP contribution in [0.2, 0.25) is 0 Å². The van der Waals surface area contributed by atoms with Gasteiger partial charge in [-0.1, -0.05) is 6.07 Å². The molecule has 0 saturated carbocycles. The Bertz CT molecular complexity index is 1350. The molecule has 0 amide bonds. The second-order valence-electron chi connectivity index (χ2n) is 7.32. The van der Waals surface area contributed by atoms with Gasteiger partial charge in [0, 0.05) is 30.2 Å². The van der Waals surface area contributed by atoms with Crippen LogP contribution in [0.1, 0.15) is 5.69 Å². The van der Waals surface area contributed by atoms with E-state index >= 15 is 0 Å². The zero-order valence-corrected chi connectivity index (χ0v) is 17.4. The number of likely N-dealkylation sites (N-methyl/N-ethyl adjacent to an activating group) is 1. The molecule has 2 N–H and O–H groups in total. The van der Waals surface area contributed by atoms with Crippen LogP contribution in [0.4, 0.5) is 0 Å². The fourth-order valence-corrected chi connectivity index (χ4v) is 3.51. The molecule has 0 fully saturated rings.